The van der Waals surface area contributed by atoms with Gasteiger partial charge in [-0.2, -0.15) is 0 Å². The normalized spacial score (nSPS) is 16.2. The van der Waals surface area contributed by atoms with Crippen LogP contribution in [-0.2, 0) is 4.79 Å². The summed E-state index contributed by atoms with van der Waals surface area (Å²) in [5.41, 5.74) is 4.01. The van der Waals surface area contributed by atoms with Gasteiger partial charge in [-0.05, 0) is 53.8 Å². The molecule has 0 saturated heterocycles. The Hall–Kier alpha value is -4.14. The van der Waals surface area contributed by atoms with Crippen LogP contribution in [0.1, 0.15) is 49.4 Å². The first-order valence-electron chi connectivity index (χ1n) is 12.9. The maximum Gasteiger partial charge on any atom is 0.271 e. The average molecular weight is 572 g/mol. The van der Waals surface area contributed by atoms with E-state index < -0.39 is 6.04 Å². The molecule has 0 saturated carbocycles. The number of para-hydroxylation sites is 1. The van der Waals surface area contributed by atoms with Crippen LogP contribution in [0.15, 0.2) is 87.8 Å². The minimum atomic E-state index is -0.657. The van der Waals surface area contributed by atoms with Crippen molar-refractivity contribution in [1.82, 2.24) is 4.57 Å². The Bertz CT molecular complexity index is 1840. The van der Waals surface area contributed by atoms with Gasteiger partial charge in [0.15, 0.2) is 16.3 Å². The number of hydrogen-bond donors (Lipinski definition) is 1. The summed E-state index contributed by atoms with van der Waals surface area (Å²) >= 11 is 7.77. The van der Waals surface area contributed by atoms with Gasteiger partial charge in [0, 0.05) is 11.8 Å². The lowest BCUT2D eigenvalue weighted by Gasteiger charge is -2.25. The molecule has 2 aliphatic heterocycles. The van der Waals surface area contributed by atoms with Crippen LogP contribution in [0, 0.1) is 0 Å². The summed E-state index contributed by atoms with van der Waals surface area (Å²) in [4.78, 5) is 32.9. The molecule has 4 aromatic rings. The highest BCUT2D eigenvalue weighted by Crippen LogP contribution is 2.37. The third-order valence-electron chi connectivity index (χ3n) is 7.00. The summed E-state index contributed by atoms with van der Waals surface area (Å²) < 4.78 is 13.0. The molecule has 9 heteroatoms. The molecule has 202 valence electrons. The predicted molar refractivity (Wildman–Crippen MR) is 157 cm³/mol. The number of fused-ring (bicyclic) bond motifs is 2. The number of halogens is 1. The third-order valence-corrected chi connectivity index (χ3v) is 8.31. The Balaban J connectivity index is 1.50. The number of ether oxygens (including phenoxy) is 2. The van der Waals surface area contributed by atoms with E-state index >= 15 is 0 Å². The molecule has 40 heavy (non-hydrogen) atoms. The van der Waals surface area contributed by atoms with Gasteiger partial charge in [0.1, 0.15) is 0 Å². The Kier molecular flexibility index (Phi) is 6.82. The summed E-state index contributed by atoms with van der Waals surface area (Å²) in [7, 11) is 0. The zero-order valence-corrected chi connectivity index (χ0v) is 23.7. The van der Waals surface area contributed by atoms with E-state index in [1.165, 1.54) is 16.9 Å². The lowest BCUT2D eigenvalue weighted by atomic mass is 9.93. The Morgan fingerprint density at radius 2 is 1.80 bits per heavy atom. The molecule has 0 spiro atoms. The molecule has 0 radical (unpaired) electrons. The zero-order valence-electron chi connectivity index (χ0n) is 22.1. The second-order valence-corrected chi connectivity index (χ2v) is 11.4. The summed E-state index contributed by atoms with van der Waals surface area (Å²) in [6.45, 7) is 6.19. The van der Waals surface area contributed by atoms with Crippen molar-refractivity contribution in [3.8, 4) is 11.5 Å². The number of allylic oxidation sites excluding steroid dienone is 1. The van der Waals surface area contributed by atoms with Gasteiger partial charge in [0.05, 0.1) is 26.9 Å². The summed E-state index contributed by atoms with van der Waals surface area (Å²) in [5.74, 6) is 1.18. The Morgan fingerprint density at radius 3 is 2.50 bits per heavy atom. The van der Waals surface area contributed by atoms with Crippen molar-refractivity contribution in [2.24, 2.45) is 4.99 Å². The molecule has 1 aromatic heterocycles. The summed E-state index contributed by atoms with van der Waals surface area (Å²) in [5, 5.41) is 3.42. The highest BCUT2D eigenvalue weighted by Gasteiger charge is 2.32. The van der Waals surface area contributed by atoms with Gasteiger partial charge in [0.25, 0.3) is 11.5 Å². The molecule has 3 aromatic carbocycles. The number of rotatable bonds is 5. The van der Waals surface area contributed by atoms with Crippen LogP contribution in [0.2, 0.25) is 5.02 Å². The molecule has 0 fully saturated rings. The van der Waals surface area contributed by atoms with Crippen LogP contribution in [0.3, 0.4) is 0 Å². The number of carbonyl (C=O) groups excluding carboxylic acids is 1. The number of nitrogens with zero attached hydrogens (tertiary/aromatic N) is 2. The fourth-order valence-corrected chi connectivity index (χ4v) is 6.14. The highest BCUT2D eigenvalue weighted by molar-refractivity contribution is 7.07. The highest BCUT2D eigenvalue weighted by atomic mass is 35.5. The minimum Gasteiger partial charge on any atom is -0.454 e. The fourth-order valence-electron chi connectivity index (χ4n) is 4.90. The van der Waals surface area contributed by atoms with Gasteiger partial charge in [0.2, 0.25) is 6.79 Å². The van der Waals surface area contributed by atoms with Crippen LogP contribution in [0.4, 0.5) is 5.69 Å². The number of aromatic nitrogens is 1. The van der Waals surface area contributed by atoms with Gasteiger partial charge < -0.3 is 14.8 Å². The van der Waals surface area contributed by atoms with E-state index in [0.29, 0.717) is 54.3 Å². The van der Waals surface area contributed by atoms with E-state index in [9.17, 15) is 9.59 Å². The number of amides is 1. The molecule has 1 amide bonds. The summed E-state index contributed by atoms with van der Waals surface area (Å²) in [6, 6.07) is 20.1. The summed E-state index contributed by atoms with van der Waals surface area (Å²) in [6.07, 6.45) is 1.73. The van der Waals surface area contributed by atoms with Crippen molar-refractivity contribution >= 4 is 40.6 Å². The van der Waals surface area contributed by atoms with Gasteiger partial charge in [-0.3, -0.25) is 14.2 Å². The van der Waals surface area contributed by atoms with Crippen LogP contribution < -0.4 is 29.7 Å². The zero-order chi connectivity index (χ0) is 28.0. The maximum absolute atomic E-state index is 14.0. The van der Waals surface area contributed by atoms with Gasteiger partial charge in [-0.25, -0.2) is 4.99 Å². The van der Waals surface area contributed by atoms with E-state index in [1.54, 1.807) is 29.7 Å². The molecular weight excluding hydrogens is 546 g/mol. The molecule has 1 atom stereocenters. The fraction of sp³-hybridized carbons (Fsp3) is 0.194. The van der Waals surface area contributed by atoms with Crippen LogP contribution in [-0.4, -0.2) is 17.3 Å². The van der Waals surface area contributed by atoms with Crippen LogP contribution in [0.5, 0.6) is 11.5 Å². The number of nitrogens with one attached hydrogen (secondary N) is 1. The molecule has 1 N–H and O–H groups in total. The van der Waals surface area contributed by atoms with E-state index in [0.717, 1.165) is 5.56 Å². The molecule has 2 aliphatic rings. The van der Waals surface area contributed by atoms with Crippen molar-refractivity contribution in [2.75, 3.05) is 12.1 Å². The van der Waals surface area contributed by atoms with Crippen molar-refractivity contribution in [2.45, 2.75) is 32.7 Å². The molecule has 6 rings (SSSR count). The van der Waals surface area contributed by atoms with E-state index in [-0.39, 0.29) is 18.3 Å². The molecular formula is C31H26ClN3O4S. The van der Waals surface area contributed by atoms with Crippen molar-refractivity contribution in [3.05, 3.63) is 119 Å². The van der Waals surface area contributed by atoms with Gasteiger partial charge in [-0.1, -0.05) is 79.2 Å². The molecule has 0 aliphatic carbocycles. The number of hydrogen-bond acceptors (Lipinski definition) is 6. The maximum atomic E-state index is 14.0. The lowest BCUT2D eigenvalue weighted by Crippen LogP contribution is -2.40. The van der Waals surface area contributed by atoms with Crippen molar-refractivity contribution in [3.63, 3.8) is 0 Å². The largest absolute Gasteiger partial charge is 0.454 e. The van der Waals surface area contributed by atoms with Crippen LogP contribution in [0.25, 0.3) is 6.08 Å². The minimum absolute atomic E-state index is 0.125. The van der Waals surface area contributed by atoms with Crippen LogP contribution >= 0.6 is 22.9 Å². The first-order chi connectivity index (χ1) is 19.3. The van der Waals surface area contributed by atoms with Crippen molar-refractivity contribution < 1.29 is 14.3 Å². The Labute approximate surface area is 239 Å². The molecule has 3 heterocycles. The topological polar surface area (TPSA) is 81.9 Å². The van der Waals surface area contributed by atoms with E-state index in [1.807, 2.05) is 54.6 Å². The second-order valence-electron chi connectivity index (χ2n) is 9.95. The van der Waals surface area contributed by atoms with Gasteiger partial charge in [-0.15, -0.1) is 0 Å². The first kappa shape index (κ1) is 26.1. The third kappa shape index (κ3) is 4.74. The number of carbonyl (C=O) groups is 1. The van der Waals surface area contributed by atoms with E-state index in [4.69, 9.17) is 26.1 Å². The molecule has 1 unspecified atom stereocenters. The second kappa shape index (κ2) is 10.4. The Morgan fingerprint density at radius 1 is 1.10 bits per heavy atom. The standard InChI is InChI=1S/C31H26ClN3O4S/c1-17(2)19-9-11-20(12-10-19)28-27(29(36)34-22-7-5-4-6-8-22)18(3)33-31-35(28)30(37)26(40-31)14-21-13-24-25(15-23(21)32)39-16-38-24/h4-15,17,28H,16H2,1-3H3,(H,34,36)/b26-14+. The predicted octanol–water partition coefficient (Wildman–Crippen LogP) is 5.38. The SMILES string of the molecule is CC1=C(C(=O)Nc2ccccc2)C(c2ccc(C(C)C)cc2)n2c(s/c(=C/c3cc4c(cc3Cl)OCO4)c2=O)=N1. The van der Waals surface area contributed by atoms with E-state index in [2.05, 4.69) is 19.2 Å². The first-order valence-corrected chi connectivity index (χ1v) is 14.1. The lowest BCUT2D eigenvalue weighted by molar-refractivity contribution is -0.113. The molecule has 0 bridgehead atoms. The average Bonchev–Trinajstić information content (AvgIpc) is 3.51. The van der Waals surface area contributed by atoms with Gasteiger partial charge >= 0.3 is 0 Å². The molecule has 7 nitrogen and oxygen atoms in total. The number of thiazole rings is 1. The smallest absolute Gasteiger partial charge is 0.271 e. The number of anilines is 1. The van der Waals surface area contributed by atoms with Crippen molar-refractivity contribution in [1.29, 1.82) is 0 Å². The monoisotopic (exact) mass is 571 g/mol. The quantitative estimate of drug-likeness (QED) is 0.349. The number of benzene rings is 3.